The SMILES string of the molecule is CC.CC.CC.CC.CC.CC.CC(=O)NCc1ccccc1.CCC(C)OC(=O)NCc1ccccc1.NCc1ccccc1. The summed E-state index contributed by atoms with van der Waals surface area (Å²) >= 11 is 0. The predicted octanol–water partition coefficient (Wildman–Crippen LogP) is 11.3. The normalized spacial score (nSPS) is 8.43. The van der Waals surface area contributed by atoms with Crippen LogP contribution in [0, 0.1) is 0 Å². The average molecular weight is 644 g/mol. The van der Waals surface area contributed by atoms with Gasteiger partial charge in [-0.2, -0.15) is 0 Å². The van der Waals surface area contributed by atoms with E-state index >= 15 is 0 Å². The molecule has 0 aromatic heterocycles. The molecule has 0 spiro atoms. The zero-order valence-corrected chi connectivity index (χ0v) is 32.4. The maximum Gasteiger partial charge on any atom is 0.407 e. The fraction of sp³-hybridized carbons (Fsp3) is 0.500. The van der Waals surface area contributed by atoms with Crippen molar-refractivity contribution in [3.8, 4) is 0 Å². The maximum atomic E-state index is 11.3. The molecule has 2 amide bonds. The van der Waals surface area contributed by atoms with Crippen molar-refractivity contribution >= 4 is 12.0 Å². The highest BCUT2D eigenvalue weighted by atomic mass is 16.6. The van der Waals surface area contributed by atoms with E-state index in [4.69, 9.17) is 10.5 Å². The van der Waals surface area contributed by atoms with Crippen LogP contribution in [0.4, 0.5) is 4.79 Å². The van der Waals surface area contributed by atoms with Gasteiger partial charge in [0.15, 0.2) is 0 Å². The molecule has 4 N–H and O–H groups in total. The van der Waals surface area contributed by atoms with Gasteiger partial charge in [0.05, 0.1) is 0 Å². The lowest BCUT2D eigenvalue weighted by molar-refractivity contribution is -0.119. The highest BCUT2D eigenvalue weighted by molar-refractivity contribution is 5.72. The summed E-state index contributed by atoms with van der Waals surface area (Å²) < 4.78 is 5.07. The minimum absolute atomic E-state index is 0.00820. The number of nitrogens with two attached hydrogens (primary N) is 1. The van der Waals surface area contributed by atoms with Crippen LogP contribution in [-0.2, 0) is 29.2 Å². The van der Waals surface area contributed by atoms with Crippen molar-refractivity contribution < 1.29 is 14.3 Å². The molecule has 0 bridgehead atoms. The third kappa shape index (κ3) is 42.5. The first kappa shape index (κ1) is 54.8. The molecule has 0 fully saturated rings. The van der Waals surface area contributed by atoms with Crippen LogP contribution in [-0.4, -0.2) is 18.1 Å². The van der Waals surface area contributed by atoms with E-state index in [0.717, 1.165) is 17.5 Å². The third-order valence-electron chi connectivity index (χ3n) is 4.63. The van der Waals surface area contributed by atoms with Crippen molar-refractivity contribution in [3.05, 3.63) is 108 Å². The van der Waals surface area contributed by atoms with E-state index in [2.05, 4.69) is 10.6 Å². The zero-order chi connectivity index (χ0) is 37.0. The first-order valence-electron chi connectivity index (χ1n) is 17.4. The summed E-state index contributed by atoms with van der Waals surface area (Å²) in [6.45, 7) is 31.1. The van der Waals surface area contributed by atoms with Gasteiger partial charge in [-0.1, -0.05) is 181 Å². The second-order valence-corrected chi connectivity index (χ2v) is 7.55. The molecule has 3 rings (SSSR count). The van der Waals surface area contributed by atoms with E-state index < -0.39 is 0 Å². The summed E-state index contributed by atoms with van der Waals surface area (Å²) in [5.41, 5.74) is 8.73. The molecule has 0 aliphatic carbocycles. The van der Waals surface area contributed by atoms with Crippen LogP contribution in [0.1, 0.15) is 127 Å². The topological polar surface area (TPSA) is 93.4 Å². The summed E-state index contributed by atoms with van der Waals surface area (Å²) in [5, 5.41) is 5.43. The predicted molar refractivity (Wildman–Crippen MR) is 206 cm³/mol. The Morgan fingerprint density at radius 2 is 0.891 bits per heavy atom. The lowest BCUT2D eigenvalue weighted by atomic mass is 10.2. The summed E-state index contributed by atoms with van der Waals surface area (Å²) in [6.07, 6.45) is 0.452. The average Bonchev–Trinajstić information content (AvgIpc) is 3.16. The number of nitrogens with one attached hydrogen (secondary N) is 2. The number of benzene rings is 3. The van der Waals surface area contributed by atoms with Gasteiger partial charge in [0.25, 0.3) is 0 Å². The van der Waals surface area contributed by atoms with Gasteiger partial charge < -0.3 is 21.1 Å². The maximum absolute atomic E-state index is 11.3. The zero-order valence-electron chi connectivity index (χ0n) is 32.4. The van der Waals surface area contributed by atoms with Gasteiger partial charge in [-0.15, -0.1) is 0 Å². The summed E-state index contributed by atoms with van der Waals surface area (Å²) in [7, 11) is 0. The minimum atomic E-state index is -0.354. The standard InChI is InChI=1S/C12H17NO2.C9H11NO.C7H9N.6C2H6/c1-3-10(2)15-12(14)13-9-11-7-5-4-6-8-11;1-8(11)10-7-9-5-3-2-4-6-9;8-6-7-4-2-1-3-5-7;6*1-2/h4-8,10H,3,9H2,1-2H3,(H,13,14);2-6H,7H2,1H3,(H,10,11);1-5H,6,8H2;6*1-2H3. The van der Waals surface area contributed by atoms with Gasteiger partial charge in [0.1, 0.15) is 6.10 Å². The van der Waals surface area contributed by atoms with Crippen LogP contribution in [0.2, 0.25) is 0 Å². The van der Waals surface area contributed by atoms with Crippen molar-refractivity contribution in [2.45, 2.75) is 136 Å². The van der Waals surface area contributed by atoms with Crippen LogP contribution in [0.5, 0.6) is 0 Å². The van der Waals surface area contributed by atoms with Crippen molar-refractivity contribution in [3.63, 3.8) is 0 Å². The fourth-order valence-electron chi connectivity index (χ4n) is 2.51. The number of hydrogen-bond acceptors (Lipinski definition) is 4. The Hall–Kier alpha value is -3.64. The quantitative estimate of drug-likeness (QED) is 0.239. The van der Waals surface area contributed by atoms with E-state index in [1.165, 1.54) is 12.5 Å². The molecule has 1 unspecified atom stereocenters. The van der Waals surface area contributed by atoms with Gasteiger partial charge in [-0.3, -0.25) is 4.79 Å². The Morgan fingerprint density at radius 3 is 1.15 bits per heavy atom. The van der Waals surface area contributed by atoms with E-state index in [-0.39, 0.29) is 18.1 Å². The number of carbonyl (C=O) groups is 2. The number of amides is 2. The number of hydrogen-bond donors (Lipinski definition) is 3. The molecule has 6 heteroatoms. The molecule has 0 heterocycles. The number of carbonyl (C=O) groups excluding carboxylic acids is 2. The molecule has 6 nitrogen and oxygen atoms in total. The minimum Gasteiger partial charge on any atom is -0.447 e. The Balaban J connectivity index is -0.000000115. The monoisotopic (exact) mass is 644 g/mol. The number of alkyl carbamates (subject to hydrolysis) is 1. The first-order valence-corrected chi connectivity index (χ1v) is 17.4. The summed E-state index contributed by atoms with van der Waals surface area (Å²) in [4.78, 5) is 21.8. The molecular weight excluding hydrogens is 570 g/mol. The highest BCUT2D eigenvalue weighted by Crippen LogP contribution is 2.00. The Bertz CT molecular complexity index is 922. The number of rotatable bonds is 7. The molecule has 0 saturated heterocycles. The number of ether oxygens (including phenoxy) is 1. The molecule has 46 heavy (non-hydrogen) atoms. The Labute approximate surface area is 285 Å². The van der Waals surface area contributed by atoms with Crippen molar-refractivity contribution in [1.29, 1.82) is 0 Å². The first-order chi connectivity index (χ1) is 22.4. The molecule has 1 atom stereocenters. The molecule has 0 saturated carbocycles. The molecule has 0 aliphatic heterocycles. The van der Waals surface area contributed by atoms with Crippen LogP contribution in [0.25, 0.3) is 0 Å². The lowest BCUT2D eigenvalue weighted by Gasteiger charge is -2.11. The van der Waals surface area contributed by atoms with Crippen LogP contribution >= 0.6 is 0 Å². The molecule has 0 aliphatic rings. The van der Waals surface area contributed by atoms with Gasteiger partial charge in [-0.05, 0) is 30.0 Å². The van der Waals surface area contributed by atoms with E-state index in [1.54, 1.807) is 0 Å². The lowest BCUT2D eigenvalue weighted by Crippen LogP contribution is -2.27. The fourth-order valence-corrected chi connectivity index (χ4v) is 2.51. The molecular formula is C40H73N3O3. The Morgan fingerprint density at radius 1 is 0.587 bits per heavy atom. The van der Waals surface area contributed by atoms with Crippen molar-refractivity contribution in [2.75, 3.05) is 0 Å². The Kier molecular flexibility index (Phi) is 60.7. The van der Waals surface area contributed by atoms with Gasteiger partial charge in [-0.25, -0.2) is 4.79 Å². The third-order valence-corrected chi connectivity index (χ3v) is 4.63. The van der Waals surface area contributed by atoms with E-state index in [1.807, 2.05) is 188 Å². The van der Waals surface area contributed by atoms with E-state index in [9.17, 15) is 9.59 Å². The second kappa shape index (κ2) is 51.0. The van der Waals surface area contributed by atoms with Crippen LogP contribution < -0.4 is 16.4 Å². The second-order valence-electron chi connectivity index (χ2n) is 7.55. The van der Waals surface area contributed by atoms with Crippen molar-refractivity contribution in [1.82, 2.24) is 10.6 Å². The van der Waals surface area contributed by atoms with Crippen LogP contribution in [0.15, 0.2) is 91.0 Å². The van der Waals surface area contributed by atoms with Gasteiger partial charge in [0.2, 0.25) is 5.91 Å². The smallest absolute Gasteiger partial charge is 0.407 e. The van der Waals surface area contributed by atoms with Crippen LogP contribution in [0.3, 0.4) is 0 Å². The molecule has 0 radical (unpaired) electrons. The highest BCUT2D eigenvalue weighted by Gasteiger charge is 2.06. The van der Waals surface area contributed by atoms with Gasteiger partial charge >= 0.3 is 6.09 Å². The summed E-state index contributed by atoms with van der Waals surface area (Å²) in [5.74, 6) is 0.00820. The van der Waals surface area contributed by atoms with E-state index in [0.29, 0.717) is 19.6 Å². The van der Waals surface area contributed by atoms with Crippen molar-refractivity contribution in [2.24, 2.45) is 5.73 Å². The summed E-state index contributed by atoms with van der Waals surface area (Å²) in [6, 6.07) is 29.6. The van der Waals surface area contributed by atoms with Gasteiger partial charge in [0, 0.05) is 26.6 Å². The molecule has 3 aromatic rings. The molecule has 266 valence electrons. The molecule has 3 aromatic carbocycles. The largest absolute Gasteiger partial charge is 0.447 e.